The van der Waals surface area contributed by atoms with Gasteiger partial charge in [0.15, 0.2) is 0 Å². The van der Waals surface area contributed by atoms with Crippen LogP contribution in [0.2, 0.25) is 0 Å². The fourth-order valence-corrected chi connectivity index (χ4v) is 2.30. The molecule has 0 N–H and O–H groups in total. The van der Waals surface area contributed by atoms with E-state index in [4.69, 9.17) is 0 Å². The Morgan fingerprint density at radius 1 is 0.722 bits per heavy atom. The third-order valence-electron chi connectivity index (χ3n) is 3.46. The molecule has 1 aromatic rings. The molecule has 0 nitrogen and oxygen atoms in total. The van der Waals surface area contributed by atoms with E-state index in [0.717, 1.165) is 0 Å². The molecule has 1 rings (SSSR count). The van der Waals surface area contributed by atoms with E-state index in [0.29, 0.717) is 0 Å². The van der Waals surface area contributed by atoms with Gasteiger partial charge in [0, 0.05) is 0 Å². The lowest BCUT2D eigenvalue weighted by atomic mass is 9.96. The molecule has 0 fully saturated rings. The molecule has 0 aliphatic rings. The van der Waals surface area contributed by atoms with Crippen LogP contribution in [0.25, 0.3) is 0 Å². The molecule has 1 aromatic carbocycles. The van der Waals surface area contributed by atoms with E-state index in [-0.39, 0.29) is 0 Å². The first-order valence-corrected chi connectivity index (χ1v) is 7.84. The molecule has 0 aliphatic carbocycles. The van der Waals surface area contributed by atoms with Crippen molar-refractivity contribution >= 4 is 0 Å². The molecule has 0 bridgehead atoms. The Kier molecular flexibility index (Phi) is 7.80. The van der Waals surface area contributed by atoms with Crippen molar-refractivity contribution in [3.8, 4) is 0 Å². The van der Waals surface area contributed by atoms with Gasteiger partial charge in [-0.1, -0.05) is 52.2 Å². The van der Waals surface area contributed by atoms with Crippen LogP contribution in [0.15, 0.2) is 12.1 Å². The molecule has 0 heteroatoms. The monoisotopic (exact) mass is 245 g/mol. The van der Waals surface area contributed by atoms with Crippen LogP contribution in [0.3, 0.4) is 0 Å². The second-order valence-corrected chi connectivity index (χ2v) is 5.35. The Hall–Kier alpha value is -0.780. The highest BCUT2D eigenvalue weighted by Gasteiger charge is 2.02. The van der Waals surface area contributed by atoms with Crippen LogP contribution < -0.4 is 0 Å². The molecule has 0 saturated heterocycles. The van der Waals surface area contributed by atoms with Gasteiger partial charge in [-0.3, -0.25) is 0 Å². The lowest BCUT2D eigenvalue weighted by molar-refractivity contribution is 0.765. The summed E-state index contributed by atoms with van der Waals surface area (Å²) in [5.41, 5.74) is 4.42. The summed E-state index contributed by atoms with van der Waals surface area (Å²) in [6, 6.07) is 8.41. The predicted molar refractivity (Wildman–Crippen MR) is 81.1 cm³/mol. The number of benzene rings is 1. The maximum atomic E-state index is 3.63. The van der Waals surface area contributed by atoms with E-state index in [1.54, 1.807) is 0 Å². The molecule has 0 heterocycles. The minimum absolute atomic E-state index is 1.20. The molecule has 0 spiro atoms. The number of hydrogen-bond donors (Lipinski definition) is 0. The molecule has 101 valence electrons. The molecule has 0 unspecified atom stereocenters. The molecule has 18 heavy (non-hydrogen) atoms. The summed E-state index contributed by atoms with van der Waals surface area (Å²) in [6.07, 6.45) is 11.4. The lowest BCUT2D eigenvalue weighted by Gasteiger charge is -2.09. The second-order valence-electron chi connectivity index (χ2n) is 5.35. The van der Waals surface area contributed by atoms with E-state index in [2.05, 4.69) is 39.0 Å². The molecular formula is C18H29. The van der Waals surface area contributed by atoms with Gasteiger partial charge in [0.2, 0.25) is 0 Å². The van der Waals surface area contributed by atoms with Crippen molar-refractivity contribution in [2.45, 2.75) is 78.6 Å². The topological polar surface area (TPSA) is 0 Å². The van der Waals surface area contributed by atoms with Gasteiger partial charge in [0.25, 0.3) is 0 Å². The Labute approximate surface area is 114 Å². The zero-order valence-corrected chi connectivity index (χ0v) is 12.5. The number of rotatable bonds is 9. The van der Waals surface area contributed by atoms with Crippen molar-refractivity contribution in [1.29, 1.82) is 0 Å². The molecule has 0 atom stereocenters. The van der Waals surface area contributed by atoms with Gasteiger partial charge < -0.3 is 0 Å². The number of unbranched alkanes of at least 4 members (excludes halogenated alkanes) is 3. The van der Waals surface area contributed by atoms with Crippen LogP contribution in [-0.2, 0) is 19.3 Å². The number of hydrogen-bond acceptors (Lipinski definition) is 0. The van der Waals surface area contributed by atoms with E-state index in [1.165, 1.54) is 74.5 Å². The van der Waals surface area contributed by atoms with Crippen LogP contribution in [0, 0.1) is 6.07 Å². The van der Waals surface area contributed by atoms with Gasteiger partial charge in [-0.25, -0.2) is 0 Å². The normalized spacial score (nSPS) is 10.8. The highest BCUT2D eigenvalue weighted by molar-refractivity contribution is 5.29. The molecule has 1 radical (unpaired) electrons. The fraction of sp³-hybridized carbons (Fsp3) is 0.667. The van der Waals surface area contributed by atoms with Crippen molar-refractivity contribution in [3.63, 3.8) is 0 Å². The van der Waals surface area contributed by atoms with Gasteiger partial charge in [0.05, 0.1) is 0 Å². The van der Waals surface area contributed by atoms with Crippen molar-refractivity contribution in [3.05, 3.63) is 34.9 Å². The van der Waals surface area contributed by atoms with Crippen LogP contribution in [-0.4, -0.2) is 0 Å². The van der Waals surface area contributed by atoms with Crippen molar-refractivity contribution in [2.24, 2.45) is 0 Å². The molecule has 0 saturated carbocycles. The Bertz CT molecular complexity index is 260. The van der Waals surface area contributed by atoms with Gasteiger partial charge in [0.1, 0.15) is 0 Å². The SMILES string of the molecule is CCCCc1[c]c(CCCC)cc(CCCC)c1. The molecule has 0 aromatic heterocycles. The molecular weight excluding hydrogens is 216 g/mol. The average Bonchev–Trinajstić information content (AvgIpc) is 2.40. The van der Waals surface area contributed by atoms with E-state index < -0.39 is 0 Å². The first-order chi connectivity index (χ1) is 8.80. The van der Waals surface area contributed by atoms with Gasteiger partial charge in [-0.2, -0.15) is 0 Å². The van der Waals surface area contributed by atoms with Crippen LogP contribution >= 0.6 is 0 Å². The minimum Gasteiger partial charge on any atom is -0.0654 e. The zero-order chi connectivity index (χ0) is 13.2. The van der Waals surface area contributed by atoms with E-state index >= 15 is 0 Å². The molecule has 0 aliphatic heterocycles. The van der Waals surface area contributed by atoms with Crippen LogP contribution in [0.4, 0.5) is 0 Å². The average molecular weight is 245 g/mol. The Morgan fingerprint density at radius 2 is 1.17 bits per heavy atom. The summed E-state index contributed by atoms with van der Waals surface area (Å²) < 4.78 is 0. The van der Waals surface area contributed by atoms with Crippen molar-refractivity contribution < 1.29 is 0 Å². The lowest BCUT2D eigenvalue weighted by Crippen LogP contribution is -1.95. The highest BCUT2D eigenvalue weighted by atomic mass is 14.1. The third kappa shape index (κ3) is 5.71. The summed E-state index contributed by atoms with van der Waals surface area (Å²) in [5.74, 6) is 0. The maximum absolute atomic E-state index is 3.63. The van der Waals surface area contributed by atoms with Crippen LogP contribution in [0.1, 0.15) is 76.0 Å². The summed E-state index contributed by atoms with van der Waals surface area (Å²) in [6.45, 7) is 6.79. The minimum atomic E-state index is 1.20. The summed E-state index contributed by atoms with van der Waals surface area (Å²) >= 11 is 0. The predicted octanol–water partition coefficient (Wildman–Crippen LogP) is 5.51. The van der Waals surface area contributed by atoms with Gasteiger partial charge in [-0.05, 0) is 61.3 Å². The van der Waals surface area contributed by atoms with Gasteiger partial charge in [-0.15, -0.1) is 0 Å². The Balaban J connectivity index is 2.74. The Morgan fingerprint density at radius 3 is 1.61 bits per heavy atom. The smallest absolute Gasteiger partial charge is 0.0114 e. The second kappa shape index (κ2) is 9.19. The third-order valence-corrected chi connectivity index (χ3v) is 3.46. The van der Waals surface area contributed by atoms with Crippen LogP contribution in [0.5, 0.6) is 0 Å². The van der Waals surface area contributed by atoms with Crippen molar-refractivity contribution in [2.75, 3.05) is 0 Å². The first kappa shape index (κ1) is 15.3. The van der Waals surface area contributed by atoms with E-state index in [9.17, 15) is 0 Å². The first-order valence-electron chi connectivity index (χ1n) is 7.84. The molecule has 0 amide bonds. The van der Waals surface area contributed by atoms with Crippen molar-refractivity contribution in [1.82, 2.24) is 0 Å². The van der Waals surface area contributed by atoms with Gasteiger partial charge >= 0.3 is 0 Å². The number of aryl methyl sites for hydroxylation is 3. The quantitative estimate of drug-likeness (QED) is 0.538. The largest absolute Gasteiger partial charge is 0.0654 e. The standard InChI is InChI=1S/C18H29/c1-4-7-10-16-13-17(11-8-5-2)15-18(14-16)12-9-6-3/h13-14H,4-12H2,1-3H3. The van der Waals surface area contributed by atoms with E-state index in [1.807, 2.05) is 0 Å². The summed E-state index contributed by atoms with van der Waals surface area (Å²) in [4.78, 5) is 0. The fourth-order valence-electron chi connectivity index (χ4n) is 2.30. The maximum Gasteiger partial charge on any atom is -0.0114 e. The summed E-state index contributed by atoms with van der Waals surface area (Å²) in [7, 11) is 0. The highest BCUT2D eigenvalue weighted by Crippen LogP contribution is 2.16. The summed E-state index contributed by atoms with van der Waals surface area (Å²) in [5, 5.41) is 0. The zero-order valence-electron chi connectivity index (χ0n) is 12.5.